The van der Waals surface area contributed by atoms with Crippen LogP contribution in [0.25, 0.3) is 5.76 Å². The van der Waals surface area contributed by atoms with Crippen molar-refractivity contribution in [2.75, 3.05) is 39.9 Å². The lowest BCUT2D eigenvalue weighted by Crippen LogP contribution is -2.33. The molecule has 0 bridgehead atoms. The van der Waals surface area contributed by atoms with Gasteiger partial charge < -0.3 is 24.4 Å². The lowest BCUT2D eigenvalue weighted by atomic mass is 9.95. The van der Waals surface area contributed by atoms with Crippen LogP contribution >= 0.6 is 0 Å². The normalized spacial score (nSPS) is 17.3. The largest absolute Gasteiger partial charge is 0.507 e. The average molecular weight is 481 g/mol. The maximum atomic E-state index is 13.2. The summed E-state index contributed by atoms with van der Waals surface area (Å²) in [5.41, 5.74) is 1.27. The van der Waals surface area contributed by atoms with Crippen LogP contribution in [-0.4, -0.2) is 66.5 Å². The van der Waals surface area contributed by atoms with E-state index in [1.807, 2.05) is 19.1 Å². The minimum Gasteiger partial charge on any atom is -0.507 e. The van der Waals surface area contributed by atoms with Gasteiger partial charge in [0.1, 0.15) is 5.76 Å². The van der Waals surface area contributed by atoms with Gasteiger partial charge in [0.25, 0.3) is 11.7 Å². The van der Waals surface area contributed by atoms with E-state index < -0.39 is 17.7 Å². The molecule has 0 aromatic heterocycles. The molecule has 0 spiro atoms. The van der Waals surface area contributed by atoms with Gasteiger partial charge in [0, 0.05) is 12.1 Å². The van der Waals surface area contributed by atoms with Crippen molar-refractivity contribution in [1.29, 1.82) is 0 Å². The molecule has 1 aliphatic heterocycles. The Labute approximate surface area is 207 Å². The highest BCUT2D eigenvalue weighted by Gasteiger charge is 2.46. The number of methoxy groups -OCH3 is 1. The molecule has 0 radical (unpaired) electrons. The summed E-state index contributed by atoms with van der Waals surface area (Å²) in [7, 11) is 1.56. The first-order chi connectivity index (χ1) is 17.0. The molecule has 2 aromatic rings. The zero-order valence-electron chi connectivity index (χ0n) is 21.1. The van der Waals surface area contributed by atoms with Crippen LogP contribution < -0.4 is 9.47 Å². The van der Waals surface area contributed by atoms with Gasteiger partial charge in [-0.05, 0) is 50.2 Å². The number of rotatable bonds is 12. The summed E-state index contributed by atoms with van der Waals surface area (Å²) in [6, 6.07) is 13.5. The Hall–Kier alpha value is -3.32. The molecule has 3 rings (SSSR count). The van der Waals surface area contributed by atoms with E-state index in [0.29, 0.717) is 42.2 Å². The van der Waals surface area contributed by atoms with Crippen molar-refractivity contribution >= 4 is 17.4 Å². The van der Waals surface area contributed by atoms with Gasteiger partial charge in [0.15, 0.2) is 11.5 Å². The highest BCUT2D eigenvalue weighted by molar-refractivity contribution is 6.46. The topological polar surface area (TPSA) is 79.3 Å². The third-order valence-electron chi connectivity index (χ3n) is 6.32. The number of aliphatic hydroxyl groups is 1. The SMILES string of the molecule is CCCOc1ccc(C2/C(=C(\O)c3ccccc3)C(=O)C(=O)N2CCCN(CC)CC)cc1OC. The van der Waals surface area contributed by atoms with Crippen molar-refractivity contribution in [3.05, 3.63) is 65.2 Å². The van der Waals surface area contributed by atoms with Gasteiger partial charge in [0.05, 0.1) is 25.3 Å². The molecule has 188 valence electrons. The van der Waals surface area contributed by atoms with Gasteiger partial charge in [0.2, 0.25) is 0 Å². The first kappa shape index (κ1) is 26.3. The summed E-state index contributed by atoms with van der Waals surface area (Å²) >= 11 is 0. The summed E-state index contributed by atoms with van der Waals surface area (Å²) in [4.78, 5) is 30.2. The van der Waals surface area contributed by atoms with E-state index in [4.69, 9.17) is 9.47 Å². The fourth-order valence-electron chi connectivity index (χ4n) is 4.40. The molecular formula is C28H36N2O5. The van der Waals surface area contributed by atoms with Crippen LogP contribution in [0.2, 0.25) is 0 Å². The van der Waals surface area contributed by atoms with E-state index in [1.54, 1.807) is 48.4 Å². The van der Waals surface area contributed by atoms with Gasteiger partial charge in [-0.3, -0.25) is 9.59 Å². The summed E-state index contributed by atoms with van der Waals surface area (Å²) in [5.74, 6) is -0.337. The highest BCUT2D eigenvalue weighted by Crippen LogP contribution is 2.42. The minimum atomic E-state index is -0.721. The Bertz CT molecular complexity index is 1050. The molecule has 35 heavy (non-hydrogen) atoms. The Morgan fingerprint density at radius 3 is 2.37 bits per heavy atom. The van der Waals surface area contributed by atoms with E-state index >= 15 is 0 Å². The lowest BCUT2D eigenvalue weighted by Gasteiger charge is -2.27. The van der Waals surface area contributed by atoms with Crippen molar-refractivity contribution in [3.8, 4) is 11.5 Å². The number of benzene rings is 2. The Kier molecular flexibility index (Phi) is 9.32. The van der Waals surface area contributed by atoms with Gasteiger partial charge in [-0.15, -0.1) is 0 Å². The first-order valence-corrected chi connectivity index (χ1v) is 12.3. The van der Waals surface area contributed by atoms with Gasteiger partial charge in [-0.1, -0.05) is 57.2 Å². The average Bonchev–Trinajstić information content (AvgIpc) is 3.14. The molecular weight excluding hydrogens is 444 g/mol. The van der Waals surface area contributed by atoms with Crippen LogP contribution in [0.1, 0.15) is 50.8 Å². The number of carbonyl (C=O) groups is 2. The first-order valence-electron chi connectivity index (χ1n) is 12.3. The number of ketones is 1. The van der Waals surface area contributed by atoms with E-state index in [0.717, 1.165) is 26.1 Å². The predicted molar refractivity (Wildman–Crippen MR) is 137 cm³/mol. The molecule has 1 aliphatic rings. The van der Waals surface area contributed by atoms with Gasteiger partial charge >= 0.3 is 0 Å². The number of carbonyl (C=O) groups excluding carboxylic acids is 2. The highest BCUT2D eigenvalue weighted by atomic mass is 16.5. The Morgan fingerprint density at radius 2 is 1.74 bits per heavy atom. The van der Waals surface area contributed by atoms with Gasteiger partial charge in [-0.25, -0.2) is 0 Å². The monoisotopic (exact) mass is 480 g/mol. The molecule has 2 aromatic carbocycles. The van der Waals surface area contributed by atoms with E-state index in [2.05, 4.69) is 18.7 Å². The smallest absolute Gasteiger partial charge is 0.295 e. The molecule has 0 aliphatic carbocycles. The number of hydrogen-bond acceptors (Lipinski definition) is 6. The van der Waals surface area contributed by atoms with Crippen molar-refractivity contribution in [3.63, 3.8) is 0 Å². The predicted octanol–water partition coefficient (Wildman–Crippen LogP) is 4.64. The molecule has 1 heterocycles. The maximum absolute atomic E-state index is 13.2. The second-order valence-electron chi connectivity index (χ2n) is 8.50. The number of aliphatic hydroxyl groups excluding tert-OH is 1. The van der Waals surface area contributed by atoms with E-state index in [9.17, 15) is 14.7 Å². The molecule has 0 saturated carbocycles. The molecule has 7 nitrogen and oxygen atoms in total. The van der Waals surface area contributed by atoms with Crippen LogP contribution in [0.3, 0.4) is 0 Å². The molecule has 1 fully saturated rings. The second-order valence-corrected chi connectivity index (χ2v) is 8.50. The third kappa shape index (κ3) is 5.85. The Morgan fingerprint density at radius 1 is 1.03 bits per heavy atom. The number of hydrogen-bond donors (Lipinski definition) is 1. The molecule has 7 heteroatoms. The number of ether oxygens (including phenoxy) is 2. The standard InChI is InChI=1S/C28H36N2O5/c1-5-18-35-22-15-14-21(19-23(22)34-4)25-24(26(31)20-12-9-8-10-13-20)27(32)28(33)30(25)17-11-16-29(6-2)7-3/h8-10,12-15,19,25,31H,5-7,11,16-18H2,1-4H3/b26-24+. The third-order valence-corrected chi connectivity index (χ3v) is 6.32. The summed E-state index contributed by atoms with van der Waals surface area (Å²) < 4.78 is 11.3. The van der Waals surface area contributed by atoms with Crippen molar-refractivity contribution in [2.45, 2.75) is 39.7 Å². The van der Waals surface area contributed by atoms with Crippen LogP contribution in [0.4, 0.5) is 0 Å². The van der Waals surface area contributed by atoms with Crippen molar-refractivity contribution in [2.24, 2.45) is 0 Å². The summed E-state index contributed by atoms with van der Waals surface area (Å²) in [5, 5.41) is 11.2. The van der Waals surface area contributed by atoms with E-state index in [-0.39, 0.29) is 11.3 Å². The fraction of sp³-hybridized carbons (Fsp3) is 0.429. The zero-order chi connectivity index (χ0) is 25.4. The minimum absolute atomic E-state index is 0.0910. The summed E-state index contributed by atoms with van der Waals surface area (Å²) in [6.45, 7) is 9.83. The number of amides is 1. The van der Waals surface area contributed by atoms with Crippen LogP contribution in [0, 0.1) is 0 Å². The van der Waals surface area contributed by atoms with Crippen LogP contribution in [0.15, 0.2) is 54.1 Å². The van der Waals surface area contributed by atoms with Crippen molar-refractivity contribution in [1.82, 2.24) is 9.80 Å². The van der Waals surface area contributed by atoms with E-state index in [1.165, 1.54) is 0 Å². The lowest BCUT2D eigenvalue weighted by molar-refractivity contribution is -0.140. The quantitative estimate of drug-likeness (QED) is 0.271. The number of likely N-dealkylation sites (tertiary alicyclic amines) is 1. The number of nitrogens with zero attached hydrogens (tertiary/aromatic N) is 2. The molecule has 1 atom stereocenters. The number of Topliss-reactive ketones (excluding diaryl/α,β-unsaturated/α-hetero) is 1. The van der Waals surface area contributed by atoms with Gasteiger partial charge in [-0.2, -0.15) is 0 Å². The fourth-order valence-corrected chi connectivity index (χ4v) is 4.40. The molecule has 1 amide bonds. The second kappa shape index (κ2) is 12.4. The Balaban J connectivity index is 2.05. The van der Waals surface area contributed by atoms with Crippen LogP contribution in [0.5, 0.6) is 11.5 Å². The van der Waals surface area contributed by atoms with Crippen LogP contribution in [-0.2, 0) is 9.59 Å². The molecule has 1 saturated heterocycles. The maximum Gasteiger partial charge on any atom is 0.295 e. The van der Waals surface area contributed by atoms with Crippen molar-refractivity contribution < 1.29 is 24.2 Å². The molecule has 1 N–H and O–H groups in total. The summed E-state index contributed by atoms with van der Waals surface area (Å²) in [6.07, 6.45) is 1.57. The molecule has 1 unspecified atom stereocenters. The zero-order valence-corrected chi connectivity index (χ0v) is 21.1.